The third kappa shape index (κ3) is 14.5. The average molecular weight is 1200 g/mol. The first-order valence-corrected chi connectivity index (χ1v) is 26.3. The number of nitrogens with one attached hydrogen (secondary N) is 2. The van der Waals surface area contributed by atoms with Crippen LogP contribution in [0.5, 0.6) is 0 Å². The summed E-state index contributed by atoms with van der Waals surface area (Å²) in [5.74, 6) is -1.73. The molecule has 2 amide bonds. The molecule has 0 saturated carbocycles. The van der Waals surface area contributed by atoms with E-state index in [4.69, 9.17) is 61.6 Å². The fraction of sp³-hybridized carbons (Fsp3) is 0.957. The molecule has 0 bridgehead atoms. The summed E-state index contributed by atoms with van der Waals surface area (Å²) in [6.45, 7) is -0.0441. The molecule has 0 unspecified atom stereocenters. The largest absolute Gasteiger partial charge is 0.394 e. The third-order valence-corrected chi connectivity index (χ3v) is 15.2. The minimum atomic E-state index is -2.29. The number of aliphatic hydroxyl groups excluding tert-OH is 19. The Morgan fingerprint density at radius 3 is 1.24 bits per heavy atom. The first-order valence-electron chi connectivity index (χ1n) is 26.3. The minimum Gasteiger partial charge on any atom is -0.394 e. The van der Waals surface area contributed by atoms with Crippen molar-refractivity contribution >= 4 is 11.8 Å². The van der Waals surface area contributed by atoms with Crippen LogP contribution in [0.1, 0.15) is 27.7 Å². The number of aliphatic hydroxyl groups is 19. The van der Waals surface area contributed by atoms with E-state index < -0.39 is 260 Å². The molecule has 36 nitrogen and oxygen atoms in total. The smallest absolute Gasteiger partial charge is 0.217 e. The summed E-state index contributed by atoms with van der Waals surface area (Å²) in [7, 11) is 0. The molecule has 476 valence electrons. The van der Waals surface area contributed by atoms with Gasteiger partial charge in [0.25, 0.3) is 0 Å². The van der Waals surface area contributed by atoms with Crippen molar-refractivity contribution in [3.8, 4) is 0 Å². The monoisotopic (exact) mass is 1200 g/mol. The van der Waals surface area contributed by atoms with E-state index in [1.165, 1.54) is 13.8 Å². The molecule has 0 aromatic rings. The van der Waals surface area contributed by atoms with Crippen molar-refractivity contribution in [1.29, 1.82) is 0 Å². The van der Waals surface area contributed by atoms with Crippen LogP contribution in [0.15, 0.2) is 0 Å². The maximum atomic E-state index is 13.0. The van der Waals surface area contributed by atoms with Gasteiger partial charge >= 0.3 is 0 Å². The zero-order valence-corrected chi connectivity index (χ0v) is 44.4. The van der Waals surface area contributed by atoms with Crippen molar-refractivity contribution in [2.75, 3.05) is 33.0 Å². The number of ether oxygens (including phenoxy) is 13. The van der Waals surface area contributed by atoms with Crippen LogP contribution in [0.25, 0.3) is 0 Å². The third-order valence-electron chi connectivity index (χ3n) is 15.2. The predicted molar refractivity (Wildman–Crippen MR) is 252 cm³/mol. The van der Waals surface area contributed by atoms with Crippen molar-refractivity contribution in [2.45, 2.75) is 243 Å². The Hall–Kier alpha value is -2.34. The molecule has 21 N–H and O–H groups in total. The van der Waals surface area contributed by atoms with Crippen LogP contribution < -0.4 is 10.6 Å². The van der Waals surface area contributed by atoms with Gasteiger partial charge in [0.1, 0.15) is 159 Å². The van der Waals surface area contributed by atoms with Crippen LogP contribution in [-0.2, 0) is 71.2 Å². The van der Waals surface area contributed by atoms with Gasteiger partial charge in [-0.05, 0) is 13.8 Å². The highest BCUT2D eigenvalue weighted by Gasteiger charge is 2.58. The van der Waals surface area contributed by atoms with Crippen molar-refractivity contribution in [1.82, 2.24) is 10.6 Å². The maximum absolute atomic E-state index is 13.0. The van der Waals surface area contributed by atoms with Gasteiger partial charge in [-0.3, -0.25) is 9.59 Å². The SMILES string of the molecule is CC(=O)N[C@@H]1[C@@H](O[C@@H]2O[C@@H](C)[C@@H](O)[C@@H](O)[C@@H]2O)[C@H](O[C@@H]2O[C@H](CO)[C@@H](O[C@@H]3O[C@H](CO[C@H]4O[C@H](CO)[C@@H](O)[C@H](O)[C@@H]4O)[C@@H](O)[C@H](O[C@H]4O[C@H](CO)[C@@H](O)[C@H](O)[C@@H]4O)[C@@H]3O)[C@H](O)[C@H]2NC(C)=O)[C@@H](CO[C@@H]2O[C@@H](C)[C@@H](O)[C@@H](O)[C@@H]2O)O[C@@H]1O. The molecule has 82 heavy (non-hydrogen) atoms. The predicted octanol–water partition coefficient (Wildman–Crippen LogP) is -13.9. The van der Waals surface area contributed by atoms with Gasteiger partial charge in [-0.2, -0.15) is 0 Å². The van der Waals surface area contributed by atoms with Gasteiger partial charge in [-0.1, -0.05) is 0 Å². The van der Waals surface area contributed by atoms with E-state index in [-0.39, 0.29) is 0 Å². The first-order chi connectivity index (χ1) is 38.6. The summed E-state index contributed by atoms with van der Waals surface area (Å²) >= 11 is 0. The van der Waals surface area contributed by atoms with E-state index in [9.17, 15) is 107 Å². The summed E-state index contributed by atoms with van der Waals surface area (Å²) in [6, 6.07) is -3.64. The molecular weight excluding hydrogens is 1120 g/mol. The molecular formula is C46H78N2O34. The molecule has 0 spiro atoms. The molecule has 35 atom stereocenters. The Labute approximate surface area is 465 Å². The molecule has 0 radical (unpaired) electrons. The Balaban J connectivity index is 1.21. The van der Waals surface area contributed by atoms with Gasteiger partial charge < -0.3 is 169 Å². The molecule has 7 fully saturated rings. The van der Waals surface area contributed by atoms with Gasteiger partial charge in [0, 0.05) is 13.8 Å². The topological polar surface area (TPSA) is 563 Å². The van der Waals surface area contributed by atoms with Crippen LogP contribution >= 0.6 is 0 Å². The van der Waals surface area contributed by atoms with E-state index in [1.54, 1.807) is 0 Å². The van der Waals surface area contributed by atoms with Crippen LogP contribution in [0.3, 0.4) is 0 Å². The van der Waals surface area contributed by atoms with Gasteiger partial charge in [-0.15, -0.1) is 0 Å². The van der Waals surface area contributed by atoms with Crippen LogP contribution in [0.2, 0.25) is 0 Å². The Morgan fingerprint density at radius 1 is 0.341 bits per heavy atom. The minimum absolute atomic E-state index is 0.826. The summed E-state index contributed by atoms with van der Waals surface area (Å²) in [6.07, 6.45) is -62.0. The fourth-order valence-electron chi connectivity index (χ4n) is 10.5. The van der Waals surface area contributed by atoms with Crippen LogP contribution in [0.4, 0.5) is 0 Å². The van der Waals surface area contributed by atoms with Gasteiger partial charge in [0.15, 0.2) is 44.0 Å². The number of carbonyl (C=O) groups excluding carboxylic acids is 2. The molecule has 0 aromatic carbocycles. The van der Waals surface area contributed by atoms with Gasteiger partial charge in [-0.25, -0.2) is 0 Å². The molecule has 36 heteroatoms. The van der Waals surface area contributed by atoms with E-state index in [0.29, 0.717) is 0 Å². The van der Waals surface area contributed by atoms with Gasteiger partial charge in [0.05, 0.1) is 45.2 Å². The van der Waals surface area contributed by atoms with Crippen molar-refractivity contribution in [2.24, 2.45) is 0 Å². The standard InChI is InChI=1S/C46H78N2O34/c1-10-21(54)27(60)31(64)42(72-10)71-9-18-37(38(20(40(69)74-18)48-13(4)53)81-44-33(66)28(61)22(55)11(2)73-44)80-41-19(47-12(3)52)26(59)36(16(7-51)77-41)79-46-35(68)39(82-45-34(67)30(63)24(57)15(6-50)76-45)25(58)17(78-46)8-70-43-32(65)29(62)23(56)14(5-49)75-43/h10-11,14-46,49-51,54-69H,5-9H2,1-4H3,(H,47,52)(H,48,53)/t10-,11-,14+,15+,16+,17+,18+,19+,20+,21+,22+,23+,24+,25+,26+,27+,28+,29-,30-,31-,32-,33-,34-,35-,36+,37+,38+,39-,40-,41-,42+,43-,44-,45+,46-/m0/s1. The molecule has 0 aromatic heterocycles. The van der Waals surface area contributed by atoms with E-state index in [2.05, 4.69) is 10.6 Å². The second-order valence-electron chi connectivity index (χ2n) is 21.1. The second-order valence-corrected chi connectivity index (χ2v) is 21.1. The lowest BCUT2D eigenvalue weighted by Gasteiger charge is -2.51. The average Bonchev–Trinajstić information content (AvgIpc) is 2.90. The molecule has 7 rings (SSSR count). The second kappa shape index (κ2) is 28.7. The summed E-state index contributed by atoms with van der Waals surface area (Å²) in [4.78, 5) is 25.7. The van der Waals surface area contributed by atoms with Gasteiger partial charge in [0.2, 0.25) is 11.8 Å². The number of carbonyl (C=O) groups is 2. The zero-order valence-electron chi connectivity index (χ0n) is 44.4. The lowest BCUT2D eigenvalue weighted by Crippen LogP contribution is -2.71. The van der Waals surface area contributed by atoms with Crippen molar-refractivity contribution in [3.63, 3.8) is 0 Å². The molecule has 7 aliphatic rings. The highest BCUT2D eigenvalue weighted by molar-refractivity contribution is 5.73. The molecule has 7 saturated heterocycles. The number of hydrogen-bond acceptors (Lipinski definition) is 34. The number of hydrogen-bond donors (Lipinski definition) is 21. The summed E-state index contributed by atoms with van der Waals surface area (Å²) < 4.78 is 75.9. The normalized spacial score (nSPS) is 51.3. The Kier molecular flexibility index (Phi) is 23.5. The Bertz CT molecular complexity index is 2030. The first kappa shape index (κ1) is 67.2. The maximum Gasteiger partial charge on any atom is 0.217 e. The van der Waals surface area contributed by atoms with E-state index in [0.717, 1.165) is 13.8 Å². The summed E-state index contributed by atoms with van der Waals surface area (Å²) in [5.41, 5.74) is 0. The molecule has 0 aliphatic carbocycles. The van der Waals surface area contributed by atoms with Crippen LogP contribution in [-0.4, -0.2) is 357 Å². The lowest BCUT2D eigenvalue weighted by molar-refractivity contribution is -0.388. The van der Waals surface area contributed by atoms with Crippen molar-refractivity contribution < 1.29 is 168 Å². The number of rotatable bonds is 19. The highest BCUT2D eigenvalue weighted by Crippen LogP contribution is 2.37. The fourth-order valence-corrected chi connectivity index (χ4v) is 10.5. The van der Waals surface area contributed by atoms with Crippen LogP contribution in [0, 0.1) is 0 Å². The molecule has 7 aliphatic heterocycles. The highest BCUT2D eigenvalue weighted by atomic mass is 16.8. The van der Waals surface area contributed by atoms with Crippen molar-refractivity contribution in [3.05, 3.63) is 0 Å². The molecule has 7 heterocycles. The summed E-state index contributed by atoms with van der Waals surface area (Å²) in [5, 5.41) is 210. The van der Waals surface area contributed by atoms with E-state index in [1.807, 2.05) is 0 Å². The number of amides is 2. The lowest BCUT2D eigenvalue weighted by atomic mass is 9.93. The van der Waals surface area contributed by atoms with E-state index >= 15 is 0 Å². The zero-order chi connectivity index (χ0) is 60.5. The quantitative estimate of drug-likeness (QED) is 0.0571. The Morgan fingerprint density at radius 2 is 0.720 bits per heavy atom.